The van der Waals surface area contributed by atoms with E-state index < -0.39 is 0 Å². The average molecular weight is 367 g/mol. The van der Waals surface area contributed by atoms with Gasteiger partial charge in [0.25, 0.3) is 5.56 Å². The van der Waals surface area contributed by atoms with Gasteiger partial charge in [-0.1, -0.05) is 23.4 Å². The van der Waals surface area contributed by atoms with Crippen LogP contribution in [0.5, 0.6) is 0 Å². The number of carbonyl (C=O) groups is 2. The number of likely N-dealkylation sites (N-methyl/N-ethyl adjacent to an activating group) is 1. The van der Waals surface area contributed by atoms with Crippen molar-refractivity contribution in [3.05, 3.63) is 51.4 Å². The van der Waals surface area contributed by atoms with E-state index >= 15 is 0 Å². The number of rotatable bonds is 6. The number of halogens is 1. The summed E-state index contributed by atoms with van der Waals surface area (Å²) in [6, 6.07) is 7.98. The number of H-pyrrole nitrogens is 1. The normalized spacial score (nSPS) is 10.2. The molecule has 1 aromatic heterocycles. The predicted molar refractivity (Wildman–Crippen MR) is 93.4 cm³/mol. The first-order chi connectivity index (χ1) is 11.5. The Hall–Kier alpha value is -2.32. The van der Waals surface area contributed by atoms with E-state index in [0.29, 0.717) is 16.4 Å². The van der Waals surface area contributed by atoms with Gasteiger partial charge in [0, 0.05) is 23.8 Å². The topological polar surface area (TPSA) is 104 Å². The quantitative estimate of drug-likeness (QED) is 0.530. The Kier molecular flexibility index (Phi) is 6.39. The second kappa shape index (κ2) is 8.51. The lowest BCUT2D eigenvalue weighted by molar-refractivity contribution is -0.120. The summed E-state index contributed by atoms with van der Waals surface area (Å²) in [6.07, 6.45) is 0.00491. The molecule has 24 heavy (non-hydrogen) atoms. The van der Waals surface area contributed by atoms with E-state index in [1.54, 1.807) is 24.3 Å². The maximum atomic E-state index is 11.9. The number of thioether (sulfide) groups is 1. The Bertz CT molecular complexity index is 792. The minimum Gasteiger partial charge on any atom is -0.359 e. The van der Waals surface area contributed by atoms with E-state index in [1.807, 2.05) is 0 Å². The van der Waals surface area contributed by atoms with Gasteiger partial charge in [0.15, 0.2) is 5.16 Å². The monoisotopic (exact) mass is 366 g/mol. The van der Waals surface area contributed by atoms with Crippen molar-refractivity contribution in [1.29, 1.82) is 0 Å². The SMILES string of the molecule is CNC(=O)Cc1cc(=O)[nH]c(SCC(=O)Nc2ccc(Cl)cc2)n1. The first kappa shape index (κ1) is 18.0. The number of carbonyl (C=O) groups excluding carboxylic acids is 2. The van der Waals surface area contributed by atoms with Crippen molar-refractivity contribution in [3.63, 3.8) is 0 Å². The summed E-state index contributed by atoms with van der Waals surface area (Å²) < 4.78 is 0. The van der Waals surface area contributed by atoms with Gasteiger partial charge in [0.05, 0.1) is 17.9 Å². The Labute approximate surface area is 147 Å². The number of hydrogen-bond donors (Lipinski definition) is 3. The fraction of sp³-hybridized carbons (Fsp3) is 0.200. The molecule has 0 saturated heterocycles. The fourth-order valence-electron chi connectivity index (χ4n) is 1.76. The molecule has 2 amide bonds. The zero-order chi connectivity index (χ0) is 17.5. The molecule has 9 heteroatoms. The molecule has 2 aromatic rings. The maximum Gasteiger partial charge on any atom is 0.251 e. The number of benzene rings is 1. The lowest BCUT2D eigenvalue weighted by Crippen LogP contribution is -2.22. The molecule has 0 aliphatic heterocycles. The molecule has 1 aromatic carbocycles. The van der Waals surface area contributed by atoms with E-state index in [0.717, 1.165) is 11.8 Å². The molecule has 0 atom stereocenters. The number of aromatic amines is 1. The predicted octanol–water partition coefficient (Wildman–Crippen LogP) is 1.44. The van der Waals surface area contributed by atoms with Crippen LogP contribution in [0.2, 0.25) is 5.02 Å². The zero-order valence-electron chi connectivity index (χ0n) is 12.8. The maximum absolute atomic E-state index is 11.9. The highest BCUT2D eigenvalue weighted by atomic mass is 35.5. The van der Waals surface area contributed by atoms with Crippen LogP contribution < -0.4 is 16.2 Å². The molecule has 0 aliphatic rings. The van der Waals surface area contributed by atoms with E-state index in [1.165, 1.54) is 13.1 Å². The Morgan fingerprint density at radius 3 is 2.62 bits per heavy atom. The van der Waals surface area contributed by atoms with Crippen LogP contribution in [0.25, 0.3) is 0 Å². The third kappa shape index (κ3) is 5.71. The third-order valence-electron chi connectivity index (χ3n) is 2.86. The minimum atomic E-state index is -0.371. The number of amides is 2. The van der Waals surface area contributed by atoms with Crippen LogP contribution in [0.3, 0.4) is 0 Å². The molecule has 0 unspecified atom stereocenters. The van der Waals surface area contributed by atoms with Crippen molar-refractivity contribution in [2.24, 2.45) is 0 Å². The van der Waals surface area contributed by atoms with Crippen LogP contribution in [-0.2, 0) is 16.0 Å². The van der Waals surface area contributed by atoms with Crippen LogP contribution in [0.1, 0.15) is 5.69 Å². The first-order valence-electron chi connectivity index (χ1n) is 6.95. The van der Waals surface area contributed by atoms with Gasteiger partial charge >= 0.3 is 0 Å². The highest BCUT2D eigenvalue weighted by Crippen LogP contribution is 2.15. The van der Waals surface area contributed by atoms with Gasteiger partial charge in [0.1, 0.15) is 0 Å². The summed E-state index contributed by atoms with van der Waals surface area (Å²) in [6.45, 7) is 0. The largest absolute Gasteiger partial charge is 0.359 e. The molecule has 0 saturated carbocycles. The summed E-state index contributed by atoms with van der Waals surface area (Å²) in [7, 11) is 1.51. The lowest BCUT2D eigenvalue weighted by atomic mass is 10.3. The van der Waals surface area contributed by atoms with Crippen LogP contribution in [0.15, 0.2) is 40.3 Å². The Morgan fingerprint density at radius 1 is 1.25 bits per heavy atom. The molecule has 2 rings (SSSR count). The smallest absolute Gasteiger partial charge is 0.251 e. The third-order valence-corrected chi connectivity index (χ3v) is 3.99. The highest BCUT2D eigenvalue weighted by Gasteiger charge is 2.09. The molecule has 7 nitrogen and oxygen atoms in total. The van der Waals surface area contributed by atoms with Crippen LogP contribution in [0, 0.1) is 0 Å². The number of nitrogens with one attached hydrogen (secondary N) is 3. The molecule has 3 N–H and O–H groups in total. The lowest BCUT2D eigenvalue weighted by Gasteiger charge is -2.06. The molecule has 126 valence electrons. The second-order valence-corrected chi connectivity index (χ2v) is 6.14. The fourth-order valence-corrected chi connectivity index (χ4v) is 2.58. The van der Waals surface area contributed by atoms with Crippen LogP contribution in [0.4, 0.5) is 5.69 Å². The number of anilines is 1. The summed E-state index contributed by atoms with van der Waals surface area (Å²) in [5.74, 6) is -0.430. The highest BCUT2D eigenvalue weighted by molar-refractivity contribution is 7.99. The van der Waals surface area contributed by atoms with Crippen LogP contribution >= 0.6 is 23.4 Å². The van der Waals surface area contributed by atoms with Crippen molar-refractivity contribution in [2.45, 2.75) is 11.6 Å². The van der Waals surface area contributed by atoms with Crippen molar-refractivity contribution in [2.75, 3.05) is 18.1 Å². The summed E-state index contributed by atoms with van der Waals surface area (Å²) in [5.41, 5.74) is 0.600. The van der Waals surface area contributed by atoms with Gasteiger partial charge in [-0.2, -0.15) is 0 Å². The zero-order valence-corrected chi connectivity index (χ0v) is 14.3. The van der Waals surface area contributed by atoms with Crippen molar-refractivity contribution in [1.82, 2.24) is 15.3 Å². The molecule has 0 fully saturated rings. The second-order valence-electron chi connectivity index (χ2n) is 4.74. The Balaban J connectivity index is 1.95. The first-order valence-corrected chi connectivity index (χ1v) is 8.31. The van der Waals surface area contributed by atoms with Gasteiger partial charge in [-0.05, 0) is 24.3 Å². The van der Waals surface area contributed by atoms with Crippen molar-refractivity contribution >= 4 is 40.9 Å². The van der Waals surface area contributed by atoms with E-state index in [-0.39, 0.29) is 34.7 Å². The standard InChI is InChI=1S/C15H15ClN4O3S/c1-17-12(21)6-11-7-13(22)20-15(19-11)24-8-14(23)18-10-4-2-9(16)3-5-10/h2-5,7H,6,8H2,1H3,(H,17,21)(H,18,23)(H,19,20,22). The van der Waals surface area contributed by atoms with Gasteiger partial charge in [-0.3, -0.25) is 14.4 Å². The number of hydrogen-bond acceptors (Lipinski definition) is 5. The molecular formula is C15H15ClN4O3S. The molecule has 0 bridgehead atoms. The summed E-state index contributed by atoms with van der Waals surface area (Å²) in [4.78, 5) is 41.6. The average Bonchev–Trinajstić information content (AvgIpc) is 2.54. The van der Waals surface area contributed by atoms with Crippen molar-refractivity contribution < 1.29 is 9.59 Å². The molecule has 0 spiro atoms. The van der Waals surface area contributed by atoms with Crippen molar-refractivity contribution in [3.8, 4) is 0 Å². The molecule has 0 radical (unpaired) electrons. The summed E-state index contributed by atoms with van der Waals surface area (Å²) in [5, 5.41) is 6.04. The molecular weight excluding hydrogens is 352 g/mol. The van der Waals surface area contributed by atoms with E-state index in [9.17, 15) is 14.4 Å². The van der Waals surface area contributed by atoms with Gasteiger partial charge in [-0.25, -0.2) is 4.98 Å². The molecule has 0 aliphatic carbocycles. The van der Waals surface area contributed by atoms with E-state index in [4.69, 9.17) is 11.6 Å². The van der Waals surface area contributed by atoms with Crippen LogP contribution in [-0.4, -0.2) is 34.6 Å². The molecule has 1 heterocycles. The minimum absolute atomic E-state index is 0.00491. The number of aromatic nitrogens is 2. The van der Waals surface area contributed by atoms with Gasteiger partial charge < -0.3 is 15.6 Å². The van der Waals surface area contributed by atoms with Gasteiger partial charge in [-0.15, -0.1) is 0 Å². The Morgan fingerprint density at radius 2 is 1.96 bits per heavy atom. The number of nitrogens with zero attached hydrogens (tertiary/aromatic N) is 1. The summed E-state index contributed by atoms with van der Waals surface area (Å²) >= 11 is 6.86. The van der Waals surface area contributed by atoms with Gasteiger partial charge in [0.2, 0.25) is 11.8 Å². The van der Waals surface area contributed by atoms with E-state index in [2.05, 4.69) is 20.6 Å².